The summed E-state index contributed by atoms with van der Waals surface area (Å²) < 4.78 is 11.5. The Morgan fingerprint density at radius 2 is 1.14 bits per heavy atom. The van der Waals surface area contributed by atoms with Gasteiger partial charge in [-0.05, 0) is 86.0 Å². The Kier molecular flexibility index (Phi) is 7.51. The third-order valence-corrected chi connectivity index (χ3v) is 5.15. The van der Waals surface area contributed by atoms with Crippen LogP contribution in [-0.4, -0.2) is 0 Å². The maximum atomic E-state index is 5.73. The zero-order valence-corrected chi connectivity index (χ0v) is 18.1. The van der Waals surface area contributed by atoms with Crippen molar-refractivity contribution >= 4 is 29.7 Å². The maximum absolute atomic E-state index is 5.73. The number of benzene rings is 2. The van der Waals surface area contributed by atoms with Gasteiger partial charge in [-0.1, -0.05) is 12.1 Å². The molecule has 6 heteroatoms. The largest absolute Gasteiger partial charge is 1.00 e. The van der Waals surface area contributed by atoms with Gasteiger partial charge in [0.25, 0.3) is 0 Å². The van der Waals surface area contributed by atoms with Crippen molar-refractivity contribution in [2.45, 2.75) is 27.7 Å². The molecule has 0 radical (unpaired) electrons. The summed E-state index contributed by atoms with van der Waals surface area (Å²) in [5.74, 6) is 1.33. The smallest absolute Gasteiger partial charge is 0.665 e. The van der Waals surface area contributed by atoms with Gasteiger partial charge in [0.2, 0.25) is 0 Å². The van der Waals surface area contributed by atoms with Gasteiger partial charge in [-0.15, -0.1) is 0 Å². The predicted octanol–water partition coefficient (Wildman–Crippen LogP) is 2.15. The van der Waals surface area contributed by atoms with E-state index in [-0.39, 0.29) is 29.6 Å². The third-order valence-electron chi connectivity index (χ3n) is 3.39. The molecule has 0 spiro atoms. The Hall–Kier alpha value is 0.0400. The molecule has 0 saturated heterocycles. The van der Waals surface area contributed by atoms with Crippen LogP contribution in [-0.2, 0) is 24.1 Å². The molecule has 0 aliphatic rings. The van der Waals surface area contributed by atoms with Crippen LogP contribution in [0.5, 0.6) is 11.5 Å². The van der Waals surface area contributed by atoms with Crippen LogP contribution >= 0.6 is 5.69 Å². The van der Waals surface area contributed by atoms with Gasteiger partial charge in [0.1, 0.15) is 11.5 Å². The quantitative estimate of drug-likeness (QED) is 0.472. The fourth-order valence-electron chi connectivity index (χ4n) is 1.82. The molecule has 0 saturated carbocycles. The van der Waals surface area contributed by atoms with Crippen molar-refractivity contribution < 1.29 is 38.6 Å². The first-order chi connectivity index (χ1) is 9.77. The number of hydrogen-bond donors (Lipinski definition) is 0. The van der Waals surface area contributed by atoms with Gasteiger partial charge in [0.05, 0.1) is 0 Å². The van der Waals surface area contributed by atoms with E-state index in [1.165, 1.54) is 11.1 Å². The van der Waals surface area contributed by atoms with Gasteiger partial charge in [0, 0.05) is 0 Å². The second kappa shape index (κ2) is 8.23. The number of aryl methyl sites for hydroxylation is 4. The molecule has 0 unspecified atom stereocenters. The Morgan fingerprint density at radius 3 is 1.45 bits per heavy atom. The molecule has 0 aromatic heterocycles. The normalized spacial score (nSPS) is 10.8. The van der Waals surface area contributed by atoms with Crippen LogP contribution in [0.4, 0.5) is 0 Å². The molecular weight excluding hydrogens is 342 g/mol. The van der Waals surface area contributed by atoms with E-state index in [1.807, 2.05) is 50.2 Å². The van der Waals surface area contributed by atoms with Crippen molar-refractivity contribution in [1.29, 1.82) is 0 Å². The van der Waals surface area contributed by atoms with Gasteiger partial charge >= 0.3 is 29.6 Å². The molecule has 0 aliphatic heterocycles. The average molecular weight is 360 g/mol. The van der Waals surface area contributed by atoms with Crippen LogP contribution in [0.3, 0.4) is 0 Å². The minimum atomic E-state index is -2.79. The molecule has 2 rings (SSSR count). The zero-order chi connectivity index (χ0) is 15.6. The van der Waals surface area contributed by atoms with Gasteiger partial charge in [-0.25, -0.2) is 0 Å². The van der Waals surface area contributed by atoms with E-state index in [0.717, 1.165) is 11.1 Å². The van der Waals surface area contributed by atoms with Crippen LogP contribution in [0, 0.1) is 27.7 Å². The summed E-state index contributed by atoms with van der Waals surface area (Å²) in [7, 11) is 0. The molecule has 2 aromatic carbocycles. The molecule has 0 heterocycles. The molecule has 0 fully saturated rings. The van der Waals surface area contributed by atoms with E-state index in [0.29, 0.717) is 11.5 Å². The summed E-state index contributed by atoms with van der Waals surface area (Å²) in [5.41, 5.74) is 1.90. The molecule has 0 N–H and O–H groups in total. The van der Waals surface area contributed by atoms with E-state index in [1.54, 1.807) is 0 Å². The molecule has 22 heavy (non-hydrogen) atoms. The zero-order valence-electron chi connectivity index (χ0n) is 13.5. The van der Waals surface area contributed by atoms with Crippen LogP contribution in [0.1, 0.15) is 22.3 Å². The van der Waals surface area contributed by atoms with Crippen LogP contribution in [0.2, 0.25) is 0 Å². The summed E-state index contributed by atoms with van der Waals surface area (Å²) in [4.78, 5) is 0. The summed E-state index contributed by atoms with van der Waals surface area (Å²) in [6, 6.07) is 11.6. The molecule has 0 atom stereocenters. The summed E-state index contributed by atoms with van der Waals surface area (Å²) in [6.07, 6.45) is 0. The number of hydrogen-bond acceptors (Lipinski definition) is 4. The minimum Gasteiger partial charge on any atom is -0.665 e. The van der Waals surface area contributed by atoms with Gasteiger partial charge in [-0.2, -0.15) is 0 Å². The first-order valence-corrected chi connectivity index (χ1v) is 10.3. The molecule has 0 amide bonds. The van der Waals surface area contributed by atoms with Crippen molar-refractivity contribution in [2.75, 3.05) is 0 Å². The third kappa shape index (κ3) is 5.59. The SMILES string of the molecule is Cc1ccc(OP(=S)([S-])Oc2ccc(C)c(C)c2)cc1C.[Na+]. The first-order valence-electron chi connectivity index (χ1n) is 6.61. The van der Waals surface area contributed by atoms with Crippen molar-refractivity contribution in [3.63, 3.8) is 0 Å². The Balaban J connectivity index is 0.00000242. The van der Waals surface area contributed by atoms with E-state index in [2.05, 4.69) is 13.8 Å². The fourth-order valence-corrected chi connectivity index (χ4v) is 3.63. The van der Waals surface area contributed by atoms with Crippen molar-refractivity contribution in [3.8, 4) is 11.5 Å². The molecular formula is C16H18NaO2PS2. The minimum absolute atomic E-state index is 0. The Morgan fingerprint density at radius 1 is 0.773 bits per heavy atom. The molecule has 112 valence electrons. The number of rotatable bonds is 4. The summed E-state index contributed by atoms with van der Waals surface area (Å²) in [5, 5.41) is 0. The molecule has 0 aliphatic carbocycles. The molecule has 2 nitrogen and oxygen atoms in total. The second-order valence-electron chi connectivity index (χ2n) is 5.12. The van der Waals surface area contributed by atoms with Crippen LogP contribution in [0.15, 0.2) is 36.4 Å². The average Bonchev–Trinajstić information content (AvgIpc) is 2.37. The van der Waals surface area contributed by atoms with Crippen LogP contribution < -0.4 is 38.6 Å². The van der Waals surface area contributed by atoms with E-state index >= 15 is 0 Å². The predicted molar refractivity (Wildman–Crippen MR) is 94.7 cm³/mol. The molecule has 0 bridgehead atoms. The monoisotopic (exact) mass is 360 g/mol. The Bertz CT molecular complexity index is 662. The maximum Gasteiger partial charge on any atom is 1.00 e. The topological polar surface area (TPSA) is 18.5 Å². The van der Waals surface area contributed by atoms with Crippen molar-refractivity contribution in [1.82, 2.24) is 0 Å². The Labute approximate surface area is 165 Å². The van der Waals surface area contributed by atoms with E-state index in [9.17, 15) is 0 Å². The van der Waals surface area contributed by atoms with E-state index < -0.39 is 5.69 Å². The second-order valence-corrected chi connectivity index (χ2v) is 9.96. The standard InChI is InChI=1S/C16H19O2PS2.Na/c1-11-5-7-15(9-13(11)3)17-19(20,21)18-16-8-6-12(2)14(4)10-16;/h5-10H,1-4H3,(H,20,21);/q;+1/p-1. The van der Waals surface area contributed by atoms with Gasteiger partial charge < -0.3 is 21.3 Å². The van der Waals surface area contributed by atoms with Crippen molar-refractivity contribution in [3.05, 3.63) is 58.7 Å². The molecule has 2 aromatic rings. The van der Waals surface area contributed by atoms with Crippen LogP contribution in [0.25, 0.3) is 0 Å². The van der Waals surface area contributed by atoms with Gasteiger partial charge in [0.15, 0.2) is 5.69 Å². The van der Waals surface area contributed by atoms with E-state index in [4.69, 9.17) is 33.1 Å². The van der Waals surface area contributed by atoms with Crippen molar-refractivity contribution in [2.24, 2.45) is 0 Å². The summed E-state index contributed by atoms with van der Waals surface area (Å²) in [6.45, 7) is 8.15. The van der Waals surface area contributed by atoms with Gasteiger partial charge in [-0.3, -0.25) is 0 Å². The fraction of sp³-hybridized carbons (Fsp3) is 0.250. The first kappa shape index (κ1) is 20.1. The summed E-state index contributed by atoms with van der Waals surface area (Å²) >= 11 is 10.7.